The summed E-state index contributed by atoms with van der Waals surface area (Å²) in [6.45, 7) is 0.0161. The summed E-state index contributed by atoms with van der Waals surface area (Å²) in [6, 6.07) is 8.45. The van der Waals surface area contributed by atoms with Gasteiger partial charge in [0, 0.05) is 16.9 Å². The normalized spacial score (nSPS) is 14.0. The van der Waals surface area contributed by atoms with Gasteiger partial charge in [0.2, 0.25) is 0 Å². The Morgan fingerprint density at radius 3 is 2.52 bits per heavy atom. The van der Waals surface area contributed by atoms with Gasteiger partial charge < -0.3 is 10.8 Å². The minimum Gasteiger partial charge on any atom is -0.388 e. The predicted octanol–water partition coefficient (Wildman–Crippen LogP) is 4.16. The van der Waals surface area contributed by atoms with Crippen LogP contribution in [0.15, 0.2) is 40.9 Å². The molecule has 0 saturated carbocycles. The van der Waals surface area contributed by atoms with E-state index in [1.807, 2.05) is 0 Å². The van der Waals surface area contributed by atoms with E-state index in [0.29, 0.717) is 10.0 Å². The molecule has 112 valence electrons. The molecule has 0 bridgehead atoms. The maximum Gasteiger partial charge on any atom is 0.145 e. The van der Waals surface area contributed by atoms with Crippen LogP contribution in [0.5, 0.6) is 0 Å². The Kier molecular flexibility index (Phi) is 5.32. The Bertz CT molecular complexity index is 654. The first-order valence-corrected chi connectivity index (χ1v) is 7.39. The molecule has 0 aliphatic heterocycles. The van der Waals surface area contributed by atoms with Crippen LogP contribution >= 0.6 is 27.5 Å². The van der Waals surface area contributed by atoms with Crippen molar-refractivity contribution in [3.63, 3.8) is 0 Å². The Labute approximate surface area is 134 Å². The molecule has 0 amide bonds. The number of benzene rings is 2. The third kappa shape index (κ3) is 3.43. The highest BCUT2D eigenvalue weighted by molar-refractivity contribution is 9.10. The Hall–Kier alpha value is -1.01. The van der Waals surface area contributed by atoms with E-state index < -0.39 is 23.7 Å². The molecule has 0 aliphatic carbocycles. The number of hydrogen-bond acceptors (Lipinski definition) is 2. The molecule has 0 aliphatic rings. The molecule has 2 unspecified atom stereocenters. The standard InChI is InChI=1S/C15H13BrClF2NO/c16-12-6-8(18)4-5-10(12)15(21)11(7-20)9-2-1-3-13(17)14(9)19/h1-6,11,15,21H,7,20H2. The average molecular weight is 377 g/mol. The maximum atomic E-state index is 14.1. The summed E-state index contributed by atoms with van der Waals surface area (Å²) in [7, 11) is 0. The van der Waals surface area contributed by atoms with Gasteiger partial charge in [0.25, 0.3) is 0 Å². The highest BCUT2D eigenvalue weighted by atomic mass is 79.9. The van der Waals surface area contributed by atoms with Crippen molar-refractivity contribution in [3.8, 4) is 0 Å². The van der Waals surface area contributed by atoms with Gasteiger partial charge in [-0.3, -0.25) is 0 Å². The lowest BCUT2D eigenvalue weighted by atomic mass is 9.89. The largest absolute Gasteiger partial charge is 0.388 e. The summed E-state index contributed by atoms with van der Waals surface area (Å²) < 4.78 is 27.6. The molecular formula is C15H13BrClF2NO. The third-order valence-corrected chi connectivity index (χ3v) is 4.28. The second kappa shape index (κ2) is 6.83. The first kappa shape index (κ1) is 16.4. The summed E-state index contributed by atoms with van der Waals surface area (Å²) in [5.41, 5.74) is 6.35. The number of nitrogens with two attached hydrogens (primary N) is 1. The van der Waals surface area contributed by atoms with Gasteiger partial charge >= 0.3 is 0 Å². The molecule has 6 heteroatoms. The minimum atomic E-state index is -1.09. The van der Waals surface area contributed by atoms with Gasteiger partial charge in [-0.1, -0.05) is 45.7 Å². The van der Waals surface area contributed by atoms with Crippen LogP contribution in [-0.4, -0.2) is 11.7 Å². The summed E-state index contributed by atoms with van der Waals surface area (Å²) in [4.78, 5) is 0. The van der Waals surface area contributed by atoms with Crippen molar-refractivity contribution in [2.45, 2.75) is 12.0 Å². The van der Waals surface area contributed by atoms with E-state index in [-0.39, 0.29) is 17.1 Å². The molecule has 0 saturated heterocycles. The van der Waals surface area contributed by atoms with Crippen molar-refractivity contribution in [1.82, 2.24) is 0 Å². The Morgan fingerprint density at radius 2 is 1.90 bits per heavy atom. The van der Waals surface area contributed by atoms with E-state index in [4.69, 9.17) is 17.3 Å². The van der Waals surface area contributed by atoms with Crippen LogP contribution in [0, 0.1) is 11.6 Å². The minimum absolute atomic E-state index is 0.0161. The van der Waals surface area contributed by atoms with E-state index >= 15 is 0 Å². The van der Waals surface area contributed by atoms with Gasteiger partial charge in [-0.25, -0.2) is 8.78 Å². The maximum absolute atomic E-state index is 14.1. The van der Waals surface area contributed by atoms with E-state index in [9.17, 15) is 13.9 Å². The van der Waals surface area contributed by atoms with Crippen LogP contribution in [0.4, 0.5) is 8.78 Å². The lowest BCUT2D eigenvalue weighted by Gasteiger charge is -2.24. The van der Waals surface area contributed by atoms with Gasteiger partial charge in [-0.15, -0.1) is 0 Å². The molecule has 0 fully saturated rings. The second-order valence-electron chi connectivity index (χ2n) is 4.60. The van der Waals surface area contributed by atoms with Gasteiger partial charge in [-0.2, -0.15) is 0 Å². The van der Waals surface area contributed by atoms with E-state index in [2.05, 4.69) is 15.9 Å². The molecule has 0 aromatic heterocycles. The van der Waals surface area contributed by atoms with Crippen LogP contribution in [0.25, 0.3) is 0 Å². The van der Waals surface area contributed by atoms with E-state index in [0.717, 1.165) is 0 Å². The number of hydrogen-bond donors (Lipinski definition) is 2. The molecule has 21 heavy (non-hydrogen) atoms. The summed E-state index contributed by atoms with van der Waals surface area (Å²) in [5.74, 6) is -1.73. The van der Waals surface area contributed by atoms with Crippen LogP contribution in [0.2, 0.25) is 5.02 Å². The van der Waals surface area contributed by atoms with Crippen molar-refractivity contribution < 1.29 is 13.9 Å². The molecule has 2 nitrogen and oxygen atoms in total. The summed E-state index contributed by atoms with van der Waals surface area (Å²) in [5, 5.41) is 10.4. The quantitative estimate of drug-likeness (QED) is 0.842. The molecule has 0 heterocycles. The second-order valence-corrected chi connectivity index (χ2v) is 5.86. The number of halogens is 4. The fraction of sp³-hybridized carbons (Fsp3) is 0.200. The summed E-state index contributed by atoms with van der Waals surface area (Å²) in [6.07, 6.45) is -1.09. The molecule has 2 rings (SSSR count). The number of rotatable bonds is 4. The fourth-order valence-corrected chi connectivity index (χ4v) is 2.96. The molecule has 0 radical (unpaired) electrons. The van der Waals surface area contributed by atoms with Crippen molar-refractivity contribution in [2.75, 3.05) is 6.54 Å². The van der Waals surface area contributed by atoms with Crippen LogP contribution in [0.1, 0.15) is 23.1 Å². The zero-order chi connectivity index (χ0) is 15.6. The van der Waals surface area contributed by atoms with Crippen molar-refractivity contribution in [3.05, 3.63) is 68.7 Å². The monoisotopic (exact) mass is 375 g/mol. The number of aliphatic hydroxyl groups is 1. The fourth-order valence-electron chi connectivity index (χ4n) is 2.19. The highest BCUT2D eigenvalue weighted by Crippen LogP contribution is 2.36. The zero-order valence-corrected chi connectivity index (χ0v) is 13.2. The van der Waals surface area contributed by atoms with Gasteiger partial charge in [0.1, 0.15) is 11.6 Å². The van der Waals surface area contributed by atoms with Crippen LogP contribution < -0.4 is 5.73 Å². The predicted molar refractivity (Wildman–Crippen MR) is 82.3 cm³/mol. The van der Waals surface area contributed by atoms with Crippen LogP contribution in [-0.2, 0) is 0 Å². The first-order chi connectivity index (χ1) is 9.95. The van der Waals surface area contributed by atoms with Gasteiger partial charge in [0.15, 0.2) is 0 Å². The molecule has 2 aromatic carbocycles. The lowest BCUT2D eigenvalue weighted by molar-refractivity contribution is 0.145. The van der Waals surface area contributed by atoms with Crippen LogP contribution in [0.3, 0.4) is 0 Å². The van der Waals surface area contributed by atoms with Crippen molar-refractivity contribution in [1.29, 1.82) is 0 Å². The third-order valence-electron chi connectivity index (χ3n) is 3.30. The van der Waals surface area contributed by atoms with E-state index in [1.54, 1.807) is 6.07 Å². The van der Waals surface area contributed by atoms with Gasteiger partial charge in [-0.05, 0) is 29.3 Å². The highest BCUT2D eigenvalue weighted by Gasteiger charge is 2.26. The average Bonchev–Trinajstić information content (AvgIpc) is 2.44. The van der Waals surface area contributed by atoms with E-state index in [1.165, 1.54) is 30.3 Å². The molecule has 2 atom stereocenters. The first-order valence-electron chi connectivity index (χ1n) is 6.22. The van der Waals surface area contributed by atoms with Crippen molar-refractivity contribution in [2.24, 2.45) is 5.73 Å². The Balaban J connectivity index is 2.43. The zero-order valence-electron chi connectivity index (χ0n) is 10.9. The Morgan fingerprint density at radius 1 is 1.19 bits per heavy atom. The number of aliphatic hydroxyl groups excluding tert-OH is 1. The molecule has 2 aromatic rings. The smallest absolute Gasteiger partial charge is 0.145 e. The molecule has 0 spiro atoms. The topological polar surface area (TPSA) is 46.2 Å². The van der Waals surface area contributed by atoms with Gasteiger partial charge in [0.05, 0.1) is 11.1 Å². The molecule has 3 N–H and O–H groups in total. The van der Waals surface area contributed by atoms with Crippen molar-refractivity contribution >= 4 is 27.5 Å². The lowest BCUT2D eigenvalue weighted by Crippen LogP contribution is -2.21. The molecular weight excluding hydrogens is 364 g/mol. The summed E-state index contributed by atoms with van der Waals surface area (Å²) >= 11 is 8.95. The SMILES string of the molecule is NCC(c1cccc(Cl)c1F)C(O)c1ccc(F)cc1Br.